The van der Waals surface area contributed by atoms with Crippen molar-refractivity contribution in [2.45, 2.75) is 0 Å². The Bertz CT molecular complexity index is 2310. The first-order valence-corrected chi connectivity index (χ1v) is 14.8. The molecule has 0 spiro atoms. The lowest BCUT2D eigenvalue weighted by molar-refractivity contribution is 1.07. The SMILES string of the molecule is N#Cc1cc(-n2c3ccccc3c3cc(-c4ccccc4)ccc32)ccc1-c1nc(-c2ccccc2)nc(-c2ccccc2)n1. The van der Waals surface area contributed by atoms with Crippen LogP contribution in [0, 0.1) is 11.3 Å². The van der Waals surface area contributed by atoms with Crippen molar-refractivity contribution in [1.82, 2.24) is 19.5 Å². The number of fused-ring (bicyclic) bond motifs is 3. The molecular weight excluding hydrogens is 550 g/mol. The van der Waals surface area contributed by atoms with Gasteiger partial charge in [-0.2, -0.15) is 5.26 Å². The summed E-state index contributed by atoms with van der Waals surface area (Å²) in [6.45, 7) is 0. The second-order valence-corrected chi connectivity index (χ2v) is 10.8. The van der Waals surface area contributed by atoms with Gasteiger partial charge in [0, 0.05) is 33.2 Å². The molecule has 0 aliphatic carbocycles. The van der Waals surface area contributed by atoms with Crippen LogP contribution in [0.4, 0.5) is 0 Å². The highest BCUT2D eigenvalue weighted by Crippen LogP contribution is 2.36. The maximum atomic E-state index is 10.4. The fourth-order valence-corrected chi connectivity index (χ4v) is 5.95. The molecule has 5 nitrogen and oxygen atoms in total. The van der Waals surface area contributed by atoms with Crippen molar-refractivity contribution < 1.29 is 0 Å². The summed E-state index contributed by atoms with van der Waals surface area (Å²) in [6.07, 6.45) is 0. The van der Waals surface area contributed by atoms with E-state index in [2.05, 4.69) is 77.4 Å². The van der Waals surface area contributed by atoms with Gasteiger partial charge in [0.15, 0.2) is 17.5 Å². The molecule has 0 amide bonds. The topological polar surface area (TPSA) is 67.4 Å². The summed E-state index contributed by atoms with van der Waals surface area (Å²) >= 11 is 0. The second-order valence-electron chi connectivity index (χ2n) is 10.8. The number of aromatic nitrogens is 4. The molecule has 5 heteroatoms. The van der Waals surface area contributed by atoms with Crippen LogP contribution in [0.2, 0.25) is 0 Å². The predicted molar refractivity (Wildman–Crippen MR) is 181 cm³/mol. The third-order valence-electron chi connectivity index (χ3n) is 8.10. The van der Waals surface area contributed by atoms with Gasteiger partial charge >= 0.3 is 0 Å². The molecule has 0 unspecified atom stereocenters. The minimum atomic E-state index is 0.459. The van der Waals surface area contributed by atoms with Crippen LogP contribution in [0.5, 0.6) is 0 Å². The smallest absolute Gasteiger partial charge is 0.165 e. The fraction of sp³-hybridized carbons (Fsp3) is 0. The van der Waals surface area contributed by atoms with Crippen molar-refractivity contribution in [1.29, 1.82) is 5.26 Å². The van der Waals surface area contributed by atoms with E-state index in [-0.39, 0.29) is 0 Å². The normalized spacial score (nSPS) is 11.1. The molecule has 45 heavy (non-hydrogen) atoms. The van der Waals surface area contributed by atoms with Crippen molar-refractivity contribution >= 4 is 21.8 Å². The van der Waals surface area contributed by atoms with E-state index < -0.39 is 0 Å². The maximum Gasteiger partial charge on any atom is 0.165 e. The van der Waals surface area contributed by atoms with E-state index in [1.54, 1.807) is 0 Å². The molecule has 0 saturated carbocycles. The van der Waals surface area contributed by atoms with Crippen molar-refractivity contribution in [2.75, 3.05) is 0 Å². The predicted octanol–water partition coefficient (Wildman–Crippen LogP) is 9.51. The van der Waals surface area contributed by atoms with Gasteiger partial charge < -0.3 is 4.57 Å². The Morgan fingerprint density at radius 3 is 1.64 bits per heavy atom. The first-order valence-electron chi connectivity index (χ1n) is 14.8. The van der Waals surface area contributed by atoms with E-state index >= 15 is 0 Å². The number of nitrogens with zero attached hydrogens (tertiary/aromatic N) is 5. The number of nitriles is 1. The fourth-order valence-electron chi connectivity index (χ4n) is 5.95. The Balaban J connectivity index is 1.30. The van der Waals surface area contributed by atoms with Crippen molar-refractivity contribution in [3.63, 3.8) is 0 Å². The summed E-state index contributed by atoms with van der Waals surface area (Å²) in [5, 5.41) is 12.7. The van der Waals surface area contributed by atoms with Gasteiger partial charge in [-0.25, -0.2) is 15.0 Å². The molecule has 8 aromatic rings. The lowest BCUT2D eigenvalue weighted by Crippen LogP contribution is -2.02. The summed E-state index contributed by atoms with van der Waals surface area (Å²) in [7, 11) is 0. The summed E-state index contributed by atoms with van der Waals surface area (Å²) in [6, 6.07) is 53.5. The minimum Gasteiger partial charge on any atom is -0.309 e. The zero-order valence-electron chi connectivity index (χ0n) is 24.2. The monoisotopic (exact) mass is 575 g/mol. The molecule has 0 N–H and O–H groups in total. The lowest BCUT2D eigenvalue weighted by atomic mass is 10.0. The Labute approximate surface area is 260 Å². The summed E-state index contributed by atoms with van der Waals surface area (Å²) in [5.41, 5.74) is 8.30. The third kappa shape index (κ3) is 4.71. The second kappa shape index (κ2) is 11.0. The maximum absolute atomic E-state index is 10.4. The number of hydrogen-bond acceptors (Lipinski definition) is 4. The van der Waals surface area contributed by atoms with Gasteiger partial charge in [0.05, 0.1) is 22.7 Å². The zero-order chi connectivity index (χ0) is 30.2. The molecule has 8 rings (SSSR count). The molecule has 6 aromatic carbocycles. The number of hydrogen-bond donors (Lipinski definition) is 0. The Kier molecular flexibility index (Phi) is 6.44. The number of para-hydroxylation sites is 1. The molecule has 0 bridgehead atoms. The van der Waals surface area contributed by atoms with Gasteiger partial charge in [-0.15, -0.1) is 0 Å². The van der Waals surface area contributed by atoms with E-state index in [9.17, 15) is 5.26 Å². The molecule has 0 aliphatic rings. The Morgan fingerprint density at radius 2 is 1.00 bits per heavy atom. The van der Waals surface area contributed by atoms with Crippen molar-refractivity contribution in [2.24, 2.45) is 0 Å². The molecule has 210 valence electrons. The van der Waals surface area contributed by atoms with Crippen LogP contribution < -0.4 is 0 Å². The highest BCUT2D eigenvalue weighted by Gasteiger charge is 2.18. The van der Waals surface area contributed by atoms with E-state index in [1.165, 1.54) is 5.56 Å². The average molecular weight is 576 g/mol. The molecular formula is C40H25N5. The van der Waals surface area contributed by atoms with Crippen LogP contribution in [-0.2, 0) is 0 Å². The van der Waals surface area contributed by atoms with Crippen LogP contribution in [0.3, 0.4) is 0 Å². The standard InChI is InChI=1S/C40H25N5/c41-26-31-24-32(45-36-19-11-10-18-34(36)35-25-30(20-23-37(35)45)27-12-4-1-5-13-27)21-22-33(31)40-43-38(28-14-6-2-7-15-28)42-39(44-40)29-16-8-3-9-17-29/h1-25H. The Hall–Kier alpha value is -6.38. The van der Waals surface area contributed by atoms with Gasteiger partial charge in [-0.3, -0.25) is 0 Å². The molecule has 0 fully saturated rings. The molecule has 0 saturated heterocycles. The van der Waals surface area contributed by atoms with Gasteiger partial charge in [-0.1, -0.05) is 115 Å². The minimum absolute atomic E-state index is 0.459. The largest absolute Gasteiger partial charge is 0.309 e. The van der Waals surface area contributed by atoms with Crippen LogP contribution >= 0.6 is 0 Å². The molecule has 0 atom stereocenters. The first kappa shape index (κ1) is 26.3. The van der Waals surface area contributed by atoms with Crippen molar-refractivity contribution in [3.05, 3.63) is 157 Å². The van der Waals surface area contributed by atoms with Gasteiger partial charge in [0.25, 0.3) is 0 Å². The quantitative estimate of drug-likeness (QED) is 0.205. The number of benzene rings is 6. The van der Waals surface area contributed by atoms with Crippen molar-refractivity contribution in [3.8, 4) is 57.0 Å². The molecule has 2 aromatic heterocycles. The lowest BCUT2D eigenvalue weighted by Gasteiger charge is -2.12. The Morgan fingerprint density at radius 1 is 0.444 bits per heavy atom. The van der Waals surface area contributed by atoms with Gasteiger partial charge in [0.2, 0.25) is 0 Å². The zero-order valence-corrected chi connectivity index (χ0v) is 24.2. The molecule has 0 radical (unpaired) electrons. The van der Waals surface area contributed by atoms with Gasteiger partial charge in [0.1, 0.15) is 0 Å². The van der Waals surface area contributed by atoms with E-state index in [0.29, 0.717) is 28.6 Å². The van der Waals surface area contributed by atoms with Crippen LogP contribution in [0.15, 0.2) is 152 Å². The third-order valence-corrected chi connectivity index (χ3v) is 8.10. The summed E-state index contributed by atoms with van der Waals surface area (Å²) < 4.78 is 2.22. The molecule has 2 heterocycles. The number of rotatable bonds is 5. The van der Waals surface area contributed by atoms with E-state index in [1.807, 2.05) is 84.9 Å². The highest BCUT2D eigenvalue weighted by molar-refractivity contribution is 6.10. The highest BCUT2D eigenvalue weighted by atomic mass is 15.0. The summed E-state index contributed by atoms with van der Waals surface area (Å²) in [4.78, 5) is 14.5. The summed E-state index contributed by atoms with van der Waals surface area (Å²) in [5.74, 6) is 1.58. The van der Waals surface area contributed by atoms with E-state index in [0.717, 1.165) is 44.2 Å². The first-order chi connectivity index (χ1) is 22.3. The average Bonchev–Trinajstić information content (AvgIpc) is 3.46. The van der Waals surface area contributed by atoms with Crippen LogP contribution in [0.1, 0.15) is 5.56 Å². The van der Waals surface area contributed by atoms with E-state index in [4.69, 9.17) is 15.0 Å². The van der Waals surface area contributed by atoms with Gasteiger partial charge in [-0.05, 0) is 47.5 Å². The molecule has 0 aliphatic heterocycles. The van der Waals surface area contributed by atoms with Crippen LogP contribution in [-0.4, -0.2) is 19.5 Å². The van der Waals surface area contributed by atoms with Crippen LogP contribution in [0.25, 0.3) is 72.8 Å².